The smallest absolute Gasteiger partial charge is 0.407 e. The number of amides is 1. The number of allylic oxidation sites excluding steroid dienone is 4. The molecule has 0 spiro atoms. The van der Waals surface area contributed by atoms with Gasteiger partial charge in [0.25, 0.3) is 0 Å². The molecule has 0 aliphatic heterocycles. The molecule has 0 heterocycles. The van der Waals surface area contributed by atoms with E-state index in [-0.39, 0.29) is 51.3 Å². The third-order valence-corrected chi connectivity index (χ3v) is 12.4. The van der Waals surface area contributed by atoms with Crippen LogP contribution in [0.3, 0.4) is 0 Å². The number of fused-ring (bicyclic) bond motifs is 7. The van der Waals surface area contributed by atoms with Crippen LogP contribution in [0, 0.1) is 51.4 Å². The molecule has 3 saturated carbocycles. The first-order valence-electron chi connectivity index (χ1n) is 14.3. The third-order valence-electron chi connectivity index (χ3n) is 12.4. The van der Waals surface area contributed by atoms with E-state index in [1.807, 2.05) is 26.0 Å². The molecule has 7 atom stereocenters. The Morgan fingerprint density at radius 3 is 2.32 bits per heavy atom. The number of carbonyl (C=O) groups excluding carboxylic acids is 3. The van der Waals surface area contributed by atoms with Gasteiger partial charge in [-0.1, -0.05) is 60.1 Å². The molecule has 2 unspecified atom stereocenters. The van der Waals surface area contributed by atoms with E-state index in [1.165, 1.54) is 7.11 Å². The number of Topliss-reactive ketones (excluding diaryl/α,β-unsaturated/α-hetero) is 1. The summed E-state index contributed by atoms with van der Waals surface area (Å²) in [4.78, 5) is 43.9. The fourth-order valence-electron chi connectivity index (χ4n) is 10.1. The highest BCUT2D eigenvalue weighted by atomic mass is 16.5. The van der Waals surface area contributed by atoms with Crippen molar-refractivity contribution in [2.45, 2.75) is 99.0 Å². The number of hydrogen-bond donors (Lipinski definition) is 1. The lowest BCUT2D eigenvalue weighted by atomic mass is 9.35. The Morgan fingerprint density at radius 2 is 1.68 bits per heavy atom. The molecule has 0 aromatic rings. The highest BCUT2D eigenvalue weighted by Crippen LogP contribution is 2.73. The summed E-state index contributed by atoms with van der Waals surface area (Å²) >= 11 is 0. The van der Waals surface area contributed by atoms with Crippen LogP contribution in [0.25, 0.3) is 4.85 Å². The molecular formula is C32H44N2O4. The van der Waals surface area contributed by atoms with Crippen molar-refractivity contribution in [2.24, 2.45) is 44.8 Å². The molecule has 1 amide bonds. The van der Waals surface area contributed by atoms with Crippen molar-refractivity contribution in [3.63, 3.8) is 0 Å². The summed E-state index contributed by atoms with van der Waals surface area (Å²) in [6.07, 6.45) is 9.56. The zero-order valence-electron chi connectivity index (χ0n) is 24.4. The van der Waals surface area contributed by atoms with E-state index in [2.05, 4.69) is 44.8 Å². The average molecular weight is 521 g/mol. The Morgan fingerprint density at radius 1 is 1.03 bits per heavy atom. The van der Waals surface area contributed by atoms with Gasteiger partial charge in [-0.3, -0.25) is 4.79 Å². The Labute approximate surface area is 227 Å². The van der Waals surface area contributed by atoms with Gasteiger partial charge in [0.15, 0.2) is 11.6 Å². The monoisotopic (exact) mass is 520 g/mol. The molecule has 5 aliphatic carbocycles. The molecule has 3 fully saturated rings. The summed E-state index contributed by atoms with van der Waals surface area (Å²) in [5.74, 6) is -0.0728. The number of carbonyl (C=O) groups is 3. The largest absolute Gasteiger partial charge is 0.453 e. The maximum Gasteiger partial charge on any atom is 0.407 e. The first kappa shape index (κ1) is 27.2. The van der Waals surface area contributed by atoms with Gasteiger partial charge >= 0.3 is 6.09 Å². The normalized spacial score (nSPS) is 44.7. The van der Waals surface area contributed by atoms with E-state index in [4.69, 9.17) is 11.3 Å². The van der Waals surface area contributed by atoms with Gasteiger partial charge in [0.05, 0.1) is 13.7 Å². The molecular weight excluding hydrogens is 476 g/mol. The summed E-state index contributed by atoms with van der Waals surface area (Å²) < 4.78 is 5.06. The zero-order chi connectivity index (χ0) is 28.1. The van der Waals surface area contributed by atoms with Crippen molar-refractivity contribution in [3.8, 4) is 0 Å². The van der Waals surface area contributed by atoms with Gasteiger partial charge in [-0.25, -0.2) is 9.64 Å². The second kappa shape index (κ2) is 8.05. The van der Waals surface area contributed by atoms with Gasteiger partial charge in [0.2, 0.25) is 5.70 Å². The number of methoxy groups -OCH3 is 1. The summed E-state index contributed by atoms with van der Waals surface area (Å²) in [6, 6.07) is 0. The van der Waals surface area contributed by atoms with Crippen LogP contribution in [0.2, 0.25) is 0 Å². The van der Waals surface area contributed by atoms with Crippen molar-refractivity contribution in [1.82, 2.24) is 5.32 Å². The van der Waals surface area contributed by atoms with Crippen LogP contribution in [-0.2, 0) is 14.3 Å². The highest BCUT2D eigenvalue weighted by Gasteiger charge is 2.70. The first-order chi connectivity index (χ1) is 17.5. The maximum absolute atomic E-state index is 14.4. The highest BCUT2D eigenvalue weighted by molar-refractivity contribution is 6.03. The lowest BCUT2D eigenvalue weighted by Crippen LogP contribution is -2.69. The maximum atomic E-state index is 14.4. The van der Waals surface area contributed by atoms with E-state index in [1.54, 1.807) is 0 Å². The van der Waals surface area contributed by atoms with Crippen molar-refractivity contribution in [3.05, 3.63) is 34.8 Å². The standard InChI is InChI=1S/C32H44N2O4/c1-27(2)12-14-32(34-26(37)38-9)15-13-31(7)24(19(32)17-27)21(35)16-23-29(5)18-20(33-8)25(36)28(3,4)22(29)10-11-30(23,31)6/h16,18-19,22,24H,10-15,17H2,1-7,9H3,(H,34,37)/t19?,22-,24?,29-,30+,31+,32-/m0/s1. The Hall–Kier alpha value is -2.42. The van der Waals surface area contributed by atoms with Crippen LogP contribution < -0.4 is 5.32 Å². The van der Waals surface area contributed by atoms with Crippen LogP contribution in [0.15, 0.2) is 23.4 Å². The van der Waals surface area contributed by atoms with Gasteiger partial charge in [0, 0.05) is 22.3 Å². The quantitative estimate of drug-likeness (QED) is 0.392. The second-order valence-electron chi connectivity index (χ2n) is 15.0. The molecule has 5 aliphatic rings. The summed E-state index contributed by atoms with van der Waals surface area (Å²) in [5.41, 5.74) is -0.783. The van der Waals surface area contributed by atoms with Gasteiger partial charge in [-0.05, 0) is 79.1 Å². The number of alkyl carbamates (subject to hydrolysis) is 1. The Balaban J connectivity index is 1.68. The lowest BCUT2D eigenvalue weighted by Gasteiger charge is -2.69. The van der Waals surface area contributed by atoms with Gasteiger partial charge in [-0.2, -0.15) is 0 Å². The molecule has 0 saturated heterocycles. The SMILES string of the molecule is [C-]#[N+]C1=C[C@]2(C)C3=CC(=O)C4C5CC(C)(C)CC[C@]5(NC(=O)OC)CC[C@@]4(C)[C@]3(C)CC[C@H]2C(C)(C)C1=O. The molecule has 6 heteroatoms. The molecule has 6 nitrogen and oxygen atoms in total. The van der Waals surface area contributed by atoms with Crippen LogP contribution in [0.5, 0.6) is 0 Å². The van der Waals surface area contributed by atoms with Crippen LogP contribution in [-0.4, -0.2) is 30.3 Å². The van der Waals surface area contributed by atoms with E-state index < -0.39 is 22.5 Å². The van der Waals surface area contributed by atoms with Gasteiger partial charge < -0.3 is 14.8 Å². The van der Waals surface area contributed by atoms with Crippen molar-refractivity contribution < 1.29 is 19.1 Å². The first-order valence-corrected chi connectivity index (χ1v) is 14.3. The van der Waals surface area contributed by atoms with Crippen LogP contribution in [0.4, 0.5) is 4.79 Å². The summed E-state index contributed by atoms with van der Waals surface area (Å²) in [7, 11) is 1.41. The van der Waals surface area contributed by atoms with Crippen LogP contribution in [0.1, 0.15) is 93.4 Å². The van der Waals surface area contributed by atoms with Gasteiger partial charge in [-0.15, -0.1) is 0 Å². The predicted octanol–water partition coefficient (Wildman–Crippen LogP) is 6.67. The molecule has 0 aromatic carbocycles. The number of nitrogens with zero attached hydrogens (tertiary/aromatic N) is 1. The number of ketones is 2. The van der Waals surface area contributed by atoms with Gasteiger partial charge in [0.1, 0.15) is 0 Å². The zero-order valence-corrected chi connectivity index (χ0v) is 24.4. The molecule has 0 aromatic heterocycles. The van der Waals surface area contributed by atoms with Crippen molar-refractivity contribution in [2.75, 3.05) is 7.11 Å². The minimum Gasteiger partial charge on any atom is -0.453 e. The summed E-state index contributed by atoms with van der Waals surface area (Å²) in [6.45, 7) is 23.1. The van der Waals surface area contributed by atoms with E-state index in [0.717, 1.165) is 50.5 Å². The third kappa shape index (κ3) is 3.32. The van der Waals surface area contributed by atoms with E-state index in [0.29, 0.717) is 0 Å². The Bertz CT molecular complexity index is 1220. The molecule has 5 rings (SSSR count). The van der Waals surface area contributed by atoms with Crippen LogP contribution >= 0.6 is 0 Å². The number of nitrogens with one attached hydrogen (secondary N) is 1. The minimum atomic E-state index is -0.661. The fourth-order valence-corrected chi connectivity index (χ4v) is 10.1. The molecule has 1 N–H and O–H groups in total. The molecule has 0 bridgehead atoms. The van der Waals surface area contributed by atoms with Crippen molar-refractivity contribution >= 4 is 17.7 Å². The lowest BCUT2D eigenvalue weighted by molar-refractivity contribution is -0.160. The predicted molar refractivity (Wildman–Crippen MR) is 146 cm³/mol. The number of rotatable bonds is 1. The summed E-state index contributed by atoms with van der Waals surface area (Å²) in [5, 5.41) is 3.24. The molecule has 38 heavy (non-hydrogen) atoms. The minimum absolute atomic E-state index is 0.0236. The molecule has 0 radical (unpaired) electrons. The topological polar surface area (TPSA) is 76.8 Å². The van der Waals surface area contributed by atoms with Crippen molar-refractivity contribution in [1.29, 1.82) is 0 Å². The molecule has 206 valence electrons. The Kier molecular flexibility index (Phi) is 5.76. The van der Waals surface area contributed by atoms with E-state index in [9.17, 15) is 14.4 Å². The van der Waals surface area contributed by atoms with E-state index >= 15 is 0 Å². The second-order valence-corrected chi connectivity index (χ2v) is 15.0. The fraction of sp³-hybridized carbons (Fsp3) is 0.750. The average Bonchev–Trinajstić information content (AvgIpc) is 2.83. The number of ether oxygens (including phenoxy) is 1. The number of hydrogen-bond acceptors (Lipinski definition) is 4.